The molecule has 4 heterocycles. The second-order valence-electron chi connectivity index (χ2n) is 10.8. The molecule has 6 rings (SSSR count). The van der Waals surface area contributed by atoms with E-state index in [2.05, 4.69) is 34.5 Å². The van der Waals surface area contributed by atoms with Crippen molar-refractivity contribution in [2.24, 2.45) is 11.3 Å². The molecule has 1 aromatic heterocycles. The zero-order valence-corrected chi connectivity index (χ0v) is 20.9. The van der Waals surface area contributed by atoms with Crippen LogP contribution in [0, 0.1) is 11.3 Å². The van der Waals surface area contributed by atoms with Crippen LogP contribution in [0.3, 0.4) is 0 Å². The molecule has 0 radical (unpaired) electrons. The van der Waals surface area contributed by atoms with Gasteiger partial charge in [-0.05, 0) is 74.1 Å². The van der Waals surface area contributed by atoms with Crippen LogP contribution in [-0.2, 0) is 4.74 Å². The maximum Gasteiger partial charge on any atom is 0.253 e. The summed E-state index contributed by atoms with van der Waals surface area (Å²) < 4.78 is 18.5. The van der Waals surface area contributed by atoms with E-state index in [1.54, 1.807) is 7.11 Å². The van der Waals surface area contributed by atoms with Gasteiger partial charge in [-0.2, -0.15) is 5.21 Å². The van der Waals surface area contributed by atoms with Crippen molar-refractivity contribution in [3.8, 4) is 22.9 Å². The SMILES string of the molecule is COc1ccc2c(c1)[C@H]1OCC3(CCN(C(=O)c4ccc(-c5nn[nH]n5)cc4)CC3)C[C@@H]1C(C)(C)O2. The lowest BCUT2D eigenvalue weighted by Crippen LogP contribution is -2.54. The van der Waals surface area contributed by atoms with Crippen molar-refractivity contribution in [3.63, 3.8) is 0 Å². The van der Waals surface area contributed by atoms with Gasteiger partial charge in [0.25, 0.3) is 5.91 Å². The Bertz CT molecular complexity index is 1250. The number of rotatable bonds is 3. The van der Waals surface area contributed by atoms with Crippen LogP contribution in [0.5, 0.6) is 11.5 Å². The minimum Gasteiger partial charge on any atom is -0.497 e. The van der Waals surface area contributed by atoms with E-state index in [9.17, 15) is 4.79 Å². The quantitative estimate of drug-likeness (QED) is 0.592. The number of H-pyrrole nitrogens is 1. The van der Waals surface area contributed by atoms with Gasteiger partial charge in [-0.25, -0.2) is 0 Å². The third-order valence-electron chi connectivity index (χ3n) is 8.22. The smallest absolute Gasteiger partial charge is 0.253 e. The van der Waals surface area contributed by atoms with Crippen LogP contribution in [0.25, 0.3) is 11.4 Å². The van der Waals surface area contributed by atoms with Crippen LogP contribution in [-0.4, -0.2) is 63.8 Å². The van der Waals surface area contributed by atoms with Gasteiger partial charge in [-0.15, -0.1) is 10.2 Å². The number of amides is 1. The van der Waals surface area contributed by atoms with Crippen molar-refractivity contribution in [1.82, 2.24) is 25.5 Å². The number of nitrogens with one attached hydrogen (secondary N) is 1. The normalized spacial score (nSPS) is 23.9. The number of likely N-dealkylation sites (tertiary alicyclic amines) is 1. The largest absolute Gasteiger partial charge is 0.497 e. The molecule has 2 fully saturated rings. The van der Waals surface area contributed by atoms with Crippen molar-refractivity contribution in [2.75, 3.05) is 26.8 Å². The molecule has 9 heteroatoms. The third-order valence-corrected chi connectivity index (χ3v) is 8.22. The Balaban J connectivity index is 1.14. The molecule has 0 bridgehead atoms. The first-order valence-corrected chi connectivity index (χ1v) is 12.5. The molecule has 2 atom stereocenters. The molecule has 3 aliphatic rings. The van der Waals surface area contributed by atoms with Crippen LogP contribution in [0.4, 0.5) is 0 Å². The highest BCUT2D eigenvalue weighted by molar-refractivity contribution is 5.94. The van der Waals surface area contributed by atoms with Crippen molar-refractivity contribution in [1.29, 1.82) is 0 Å². The molecule has 1 spiro atoms. The van der Waals surface area contributed by atoms with Crippen LogP contribution in [0.15, 0.2) is 42.5 Å². The summed E-state index contributed by atoms with van der Waals surface area (Å²) in [7, 11) is 1.68. The summed E-state index contributed by atoms with van der Waals surface area (Å²) in [6.45, 7) is 6.46. The lowest BCUT2D eigenvalue weighted by Gasteiger charge is -2.54. The maximum absolute atomic E-state index is 13.2. The number of tetrazole rings is 1. The first-order valence-electron chi connectivity index (χ1n) is 12.5. The van der Waals surface area contributed by atoms with E-state index in [0.29, 0.717) is 18.0 Å². The van der Waals surface area contributed by atoms with E-state index >= 15 is 0 Å². The molecule has 0 unspecified atom stereocenters. The average Bonchev–Trinajstić information content (AvgIpc) is 3.44. The minimum atomic E-state index is -0.340. The Labute approximate surface area is 210 Å². The van der Waals surface area contributed by atoms with Crippen LogP contribution in [0.1, 0.15) is 55.1 Å². The second-order valence-corrected chi connectivity index (χ2v) is 10.8. The number of aromatic amines is 1. The monoisotopic (exact) mass is 489 g/mol. The first kappa shape index (κ1) is 23.0. The fraction of sp³-hybridized carbons (Fsp3) is 0.481. The number of fused-ring (bicyclic) bond motifs is 3. The topological polar surface area (TPSA) is 102 Å². The van der Waals surface area contributed by atoms with Gasteiger partial charge in [0.1, 0.15) is 17.1 Å². The number of piperidine rings is 1. The van der Waals surface area contributed by atoms with E-state index in [1.165, 1.54) is 0 Å². The molecule has 188 valence electrons. The van der Waals surface area contributed by atoms with Gasteiger partial charge in [0.15, 0.2) is 0 Å². The third kappa shape index (κ3) is 3.91. The van der Waals surface area contributed by atoms with E-state index in [4.69, 9.17) is 14.2 Å². The molecule has 1 N–H and O–H groups in total. The molecule has 9 nitrogen and oxygen atoms in total. The lowest BCUT2D eigenvalue weighted by molar-refractivity contribution is -0.173. The highest BCUT2D eigenvalue weighted by atomic mass is 16.5. The highest BCUT2D eigenvalue weighted by Gasteiger charge is 2.53. The number of benzene rings is 2. The molecular formula is C27H31N5O4. The molecule has 3 aromatic rings. The zero-order valence-electron chi connectivity index (χ0n) is 20.9. The molecule has 2 aromatic carbocycles. The van der Waals surface area contributed by atoms with Crippen LogP contribution < -0.4 is 9.47 Å². The number of aromatic nitrogens is 4. The minimum absolute atomic E-state index is 0.0122. The number of carbonyl (C=O) groups is 1. The van der Waals surface area contributed by atoms with Gasteiger partial charge >= 0.3 is 0 Å². The zero-order chi connectivity index (χ0) is 24.9. The highest BCUT2D eigenvalue weighted by Crippen LogP contribution is 2.56. The predicted octanol–water partition coefficient (Wildman–Crippen LogP) is 4.05. The van der Waals surface area contributed by atoms with Crippen molar-refractivity contribution in [3.05, 3.63) is 53.6 Å². The summed E-state index contributed by atoms with van der Waals surface area (Å²) in [5.74, 6) is 2.49. The van der Waals surface area contributed by atoms with E-state index in [-0.39, 0.29) is 28.9 Å². The van der Waals surface area contributed by atoms with Gasteiger partial charge in [0.2, 0.25) is 5.82 Å². The summed E-state index contributed by atoms with van der Waals surface area (Å²) in [5.41, 5.74) is 2.28. The Morgan fingerprint density at radius 1 is 1.14 bits per heavy atom. The number of ether oxygens (including phenoxy) is 3. The van der Waals surface area contributed by atoms with Crippen molar-refractivity contribution in [2.45, 2.75) is 44.8 Å². The van der Waals surface area contributed by atoms with E-state index in [0.717, 1.165) is 55.0 Å². The number of carbonyl (C=O) groups excluding carboxylic acids is 1. The van der Waals surface area contributed by atoms with Gasteiger partial charge in [-0.1, -0.05) is 12.1 Å². The number of nitrogens with zero attached hydrogens (tertiary/aromatic N) is 4. The summed E-state index contributed by atoms with van der Waals surface area (Å²) >= 11 is 0. The van der Waals surface area contributed by atoms with Crippen LogP contribution in [0.2, 0.25) is 0 Å². The number of hydrogen-bond donors (Lipinski definition) is 1. The molecule has 36 heavy (non-hydrogen) atoms. The molecule has 1 amide bonds. The van der Waals surface area contributed by atoms with Gasteiger partial charge in [0, 0.05) is 35.7 Å². The average molecular weight is 490 g/mol. The molecular weight excluding hydrogens is 458 g/mol. The summed E-state index contributed by atoms with van der Waals surface area (Å²) in [6, 6.07) is 13.4. The van der Waals surface area contributed by atoms with E-state index < -0.39 is 0 Å². The van der Waals surface area contributed by atoms with E-state index in [1.807, 2.05) is 47.4 Å². The fourth-order valence-electron chi connectivity index (χ4n) is 6.02. The fourth-order valence-corrected chi connectivity index (χ4v) is 6.02. The Morgan fingerprint density at radius 3 is 2.61 bits per heavy atom. The lowest BCUT2D eigenvalue weighted by atomic mass is 9.64. The Morgan fingerprint density at radius 2 is 1.92 bits per heavy atom. The standard InChI is InChI=1S/C27H31N5O4/c1-26(2)21-15-27(16-35-23(21)20-14-19(34-3)8-9-22(20)36-26)10-12-32(13-11-27)25(33)18-6-4-17(5-7-18)24-28-30-31-29-24/h4-9,14,21,23H,10-13,15-16H2,1-3H3,(H,28,29,30,31)/t21-,23+/m0/s1. The Kier molecular flexibility index (Phi) is 5.48. The molecule has 0 aliphatic carbocycles. The summed E-state index contributed by atoms with van der Waals surface area (Å²) in [6.07, 6.45) is 2.85. The second kappa shape index (κ2) is 8.58. The van der Waals surface area contributed by atoms with Gasteiger partial charge in [0.05, 0.1) is 19.8 Å². The molecule has 3 aliphatic heterocycles. The maximum atomic E-state index is 13.2. The van der Waals surface area contributed by atoms with Gasteiger partial charge < -0.3 is 19.1 Å². The van der Waals surface area contributed by atoms with Crippen LogP contribution >= 0.6 is 0 Å². The van der Waals surface area contributed by atoms with Crippen molar-refractivity contribution >= 4 is 5.91 Å². The number of hydrogen-bond acceptors (Lipinski definition) is 7. The van der Waals surface area contributed by atoms with Crippen molar-refractivity contribution < 1.29 is 19.0 Å². The molecule has 2 saturated heterocycles. The molecule has 0 saturated carbocycles. The Hall–Kier alpha value is -3.46. The predicted molar refractivity (Wildman–Crippen MR) is 132 cm³/mol. The van der Waals surface area contributed by atoms with Gasteiger partial charge in [-0.3, -0.25) is 4.79 Å². The first-order chi connectivity index (χ1) is 17.4. The number of methoxy groups -OCH3 is 1. The summed E-state index contributed by atoms with van der Waals surface area (Å²) in [5, 5.41) is 14.0. The summed E-state index contributed by atoms with van der Waals surface area (Å²) in [4.78, 5) is 15.2.